The smallest absolute Gasteiger partial charge is 0.270 e. The van der Waals surface area contributed by atoms with Gasteiger partial charge < -0.3 is 15.5 Å². The Balaban J connectivity index is 2.14. The molecule has 1 saturated carbocycles. The van der Waals surface area contributed by atoms with Crippen LogP contribution in [0.2, 0.25) is 0 Å². The summed E-state index contributed by atoms with van der Waals surface area (Å²) in [6, 6.07) is -0.355. The summed E-state index contributed by atoms with van der Waals surface area (Å²) in [7, 11) is 1.63. The second-order valence-electron chi connectivity index (χ2n) is 5.85. The zero-order valence-corrected chi connectivity index (χ0v) is 11.8. The van der Waals surface area contributed by atoms with E-state index in [9.17, 15) is 15.0 Å². The highest BCUT2D eigenvalue weighted by Crippen LogP contribution is 2.37. The molecule has 0 amide bonds. The first kappa shape index (κ1) is 14.3. The summed E-state index contributed by atoms with van der Waals surface area (Å²) in [5.41, 5.74) is 1.02. The Hall–Kier alpha value is -1.11. The first-order chi connectivity index (χ1) is 8.84. The van der Waals surface area contributed by atoms with Crippen LogP contribution in [0, 0.1) is 12.8 Å². The number of aliphatic hydroxyl groups excluding tert-OH is 2. The number of aromatic amines is 1. The Bertz CT molecular complexity index is 496. The second kappa shape index (κ2) is 5.11. The van der Waals surface area contributed by atoms with E-state index in [4.69, 9.17) is 0 Å². The van der Waals surface area contributed by atoms with Crippen LogP contribution in [-0.4, -0.2) is 44.8 Å². The number of hydrogen-bond donors (Lipinski definition) is 4. The molecule has 2 unspecified atom stereocenters. The number of aryl methyl sites for hydroxylation is 2. The van der Waals surface area contributed by atoms with Crippen molar-refractivity contribution < 1.29 is 10.2 Å². The number of nitrogens with zero attached hydrogens (tertiary/aromatic N) is 1. The molecule has 1 heterocycles. The molecule has 0 aliphatic heterocycles. The highest BCUT2D eigenvalue weighted by atomic mass is 16.3. The lowest BCUT2D eigenvalue weighted by Crippen LogP contribution is -2.65. The number of hydrogen-bond acceptors (Lipinski definition) is 4. The number of H-pyrrole nitrogens is 1. The zero-order chi connectivity index (χ0) is 14.3. The molecule has 1 aromatic rings. The van der Waals surface area contributed by atoms with Gasteiger partial charge in [0.25, 0.3) is 5.56 Å². The molecule has 6 heteroatoms. The van der Waals surface area contributed by atoms with Gasteiger partial charge in [0.05, 0.1) is 18.2 Å². The third-order valence-corrected chi connectivity index (χ3v) is 3.84. The van der Waals surface area contributed by atoms with Crippen LogP contribution in [-0.2, 0) is 7.05 Å². The molecule has 1 aliphatic rings. The van der Waals surface area contributed by atoms with Gasteiger partial charge in [-0.15, -0.1) is 0 Å². The van der Waals surface area contributed by atoms with E-state index in [-0.39, 0.29) is 11.6 Å². The first-order valence-corrected chi connectivity index (χ1v) is 6.69. The van der Waals surface area contributed by atoms with Crippen molar-refractivity contribution in [2.24, 2.45) is 13.0 Å². The van der Waals surface area contributed by atoms with Gasteiger partial charge in [0.15, 0.2) is 0 Å². The summed E-state index contributed by atoms with van der Waals surface area (Å²) in [6.07, 6.45) is -1.45. The molecule has 108 valence electrons. The fourth-order valence-electron chi connectivity index (χ4n) is 2.76. The van der Waals surface area contributed by atoms with Crippen LogP contribution >= 0.6 is 0 Å². The molecule has 2 atom stereocenters. The van der Waals surface area contributed by atoms with Crippen molar-refractivity contribution >= 4 is 0 Å². The van der Waals surface area contributed by atoms with Crippen molar-refractivity contribution in [1.82, 2.24) is 15.1 Å². The summed E-state index contributed by atoms with van der Waals surface area (Å²) in [5.74, 6) is -0.0603. The number of rotatable bonds is 4. The average molecular weight is 269 g/mol. The maximum atomic E-state index is 12.0. The molecule has 1 fully saturated rings. The molecule has 0 saturated heterocycles. The minimum Gasteiger partial charge on any atom is -0.391 e. The molecule has 0 aromatic carbocycles. The normalized spacial score (nSPS) is 30.7. The molecule has 4 N–H and O–H groups in total. The molecular weight excluding hydrogens is 246 g/mol. The summed E-state index contributed by atoms with van der Waals surface area (Å²) in [4.78, 5) is 12.0. The van der Waals surface area contributed by atoms with Gasteiger partial charge in [-0.25, -0.2) is 0 Å². The highest BCUT2D eigenvalue weighted by Gasteiger charge is 2.51. The fraction of sp³-hybridized carbons (Fsp3) is 0.769. The zero-order valence-electron chi connectivity index (χ0n) is 11.8. The standard InChI is InChI=1S/C13H23N3O3/c1-6(2)5-14-10-11(17)9(12(10)18)8-7(3)15-16(4)13(8)19/h6,9-12,14-15,17-18H,5H2,1-4H3. The lowest BCUT2D eigenvalue weighted by Gasteiger charge is -2.46. The summed E-state index contributed by atoms with van der Waals surface area (Å²) >= 11 is 0. The van der Waals surface area contributed by atoms with E-state index in [0.29, 0.717) is 17.2 Å². The minimum absolute atomic E-state index is 0.178. The van der Waals surface area contributed by atoms with E-state index in [1.54, 1.807) is 14.0 Å². The van der Waals surface area contributed by atoms with Crippen molar-refractivity contribution in [2.75, 3.05) is 6.54 Å². The van der Waals surface area contributed by atoms with Gasteiger partial charge in [-0.1, -0.05) is 13.8 Å². The molecule has 0 bridgehead atoms. The lowest BCUT2D eigenvalue weighted by atomic mass is 9.70. The van der Waals surface area contributed by atoms with Crippen LogP contribution < -0.4 is 10.9 Å². The summed E-state index contributed by atoms with van der Waals surface area (Å²) in [6.45, 7) is 6.64. The molecule has 19 heavy (non-hydrogen) atoms. The SMILES string of the molecule is Cc1[nH]n(C)c(=O)c1C1C(O)C(NCC(C)C)C1O. The van der Waals surface area contributed by atoms with E-state index in [2.05, 4.69) is 24.3 Å². The Kier molecular flexibility index (Phi) is 3.85. The Morgan fingerprint density at radius 3 is 2.37 bits per heavy atom. The van der Waals surface area contributed by atoms with E-state index >= 15 is 0 Å². The maximum Gasteiger partial charge on any atom is 0.270 e. The molecule has 1 aromatic heterocycles. The monoisotopic (exact) mass is 269 g/mol. The number of aromatic nitrogens is 2. The Morgan fingerprint density at radius 2 is 1.95 bits per heavy atom. The average Bonchev–Trinajstić information content (AvgIpc) is 2.56. The van der Waals surface area contributed by atoms with Crippen LogP contribution in [0.25, 0.3) is 0 Å². The Morgan fingerprint density at radius 1 is 1.37 bits per heavy atom. The van der Waals surface area contributed by atoms with Gasteiger partial charge in [-0.3, -0.25) is 14.6 Å². The summed E-state index contributed by atoms with van der Waals surface area (Å²) < 4.78 is 1.37. The predicted octanol–water partition coefficient (Wildman–Crippen LogP) is -0.545. The largest absolute Gasteiger partial charge is 0.391 e. The van der Waals surface area contributed by atoms with Crippen molar-refractivity contribution in [3.63, 3.8) is 0 Å². The lowest BCUT2D eigenvalue weighted by molar-refractivity contribution is -0.0896. The topological polar surface area (TPSA) is 90.3 Å². The third kappa shape index (κ3) is 2.35. The number of aliphatic hydroxyl groups is 2. The molecule has 0 spiro atoms. The molecule has 0 radical (unpaired) electrons. The summed E-state index contributed by atoms with van der Waals surface area (Å²) in [5, 5.41) is 26.4. The minimum atomic E-state index is -0.726. The van der Waals surface area contributed by atoms with Crippen molar-refractivity contribution in [2.45, 2.75) is 44.9 Å². The van der Waals surface area contributed by atoms with Crippen molar-refractivity contribution in [1.29, 1.82) is 0 Å². The van der Waals surface area contributed by atoms with Crippen LogP contribution in [0.4, 0.5) is 0 Å². The quantitative estimate of drug-likeness (QED) is 0.590. The predicted molar refractivity (Wildman–Crippen MR) is 72.2 cm³/mol. The molecule has 2 rings (SSSR count). The van der Waals surface area contributed by atoms with Gasteiger partial charge in [-0.2, -0.15) is 0 Å². The fourth-order valence-corrected chi connectivity index (χ4v) is 2.76. The van der Waals surface area contributed by atoms with Crippen LogP contribution in [0.15, 0.2) is 4.79 Å². The van der Waals surface area contributed by atoms with E-state index in [1.165, 1.54) is 4.68 Å². The highest BCUT2D eigenvalue weighted by molar-refractivity contribution is 5.30. The van der Waals surface area contributed by atoms with Crippen molar-refractivity contribution in [3.05, 3.63) is 21.6 Å². The number of nitrogens with one attached hydrogen (secondary N) is 2. The van der Waals surface area contributed by atoms with Gasteiger partial charge in [0.1, 0.15) is 0 Å². The van der Waals surface area contributed by atoms with Crippen LogP contribution in [0.1, 0.15) is 31.0 Å². The maximum absolute atomic E-state index is 12.0. The van der Waals surface area contributed by atoms with Gasteiger partial charge in [0, 0.05) is 24.2 Å². The molecule has 1 aliphatic carbocycles. The first-order valence-electron chi connectivity index (χ1n) is 6.69. The van der Waals surface area contributed by atoms with Crippen LogP contribution in [0.3, 0.4) is 0 Å². The van der Waals surface area contributed by atoms with Crippen LogP contribution in [0.5, 0.6) is 0 Å². The van der Waals surface area contributed by atoms with Gasteiger partial charge in [-0.05, 0) is 19.4 Å². The van der Waals surface area contributed by atoms with E-state index < -0.39 is 18.1 Å². The second-order valence-corrected chi connectivity index (χ2v) is 5.85. The molecular formula is C13H23N3O3. The van der Waals surface area contributed by atoms with Gasteiger partial charge in [0.2, 0.25) is 0 Å². The Labute approximate surface area is 112 Å². The van der Waals surface area contributed by atoms with E-state index in [1.807, 2.05) is 0 Å². The van der Waals surface area contributed by atoms with Crippen molar-refractivity contribution in [3.8, 4) is 0 Å². The van der Waals surface area contributed by atoms with E-state index in [0.717, 1.165) is 6.54 Å². The molecule has 6 nitrogen and oxygen atoms in total. The van der Waals surface area contributed by atoms with Gasteiger partial charge >= 0.3 is 0 Å². The third-order valence-electron chi connectivity index (χ3n) is 3.84.